The van der Waals surface area contributed by atoms with Crippen molar-refractivity contribution in [3.63, 3.8) is 0 Å². The number of nitrogen functional groups attached to an aromatic ring is 1. The first-order valence-corrected chi connectivity index (χ1v) is 4.28. The van der Waals surface area contributed by atoms with Crippen LogP contribution in [-0.2, 0) is 4.79 Å². The van der Waals surface area contributed by atoms with E-state index in [1.54, 1.807) is 0 Å². The molecule has 1 aromatic rings. The quantitative estimate of drug-likeness (QED) is 0.713. The van der Waals surface area contributed by atoms with Gasteiger partial charge in [-0.15, -0.1) is 0 Å². The topological polar surface area (TPSA) is 55.1 Å². The molecule has 0 bridgehead atoms. The minimum atomic E-state index is -0.206. The maximum atomic E-state index is 10.7. The highest BCUT2D eigenvalue weighted by molar-refractivity contribution is 6.37. The molecule has 0 aliphatic rings. The lowest BCUT2D eigenvalue weighted by molar-refractivity contribution is -0.114. The third kappa shape index (κ3) is 2.50. The molecular weight excluding hydrogens is 211 g/mol. The number of rotatable bonds is 1. The van der Waals surface area contributed by atoms with E-state index in [4.69, 9.17) is 28.9 Å². The van der Waals surface area contributed by atoms with Crippen LogP contribution in [0.3, 0.4) is 0 Å². The van der Waals surface area contributed by atoms with Gasteiger partial charge >= 0.3 is 0 Å². The maximum Gasteiger partial charge on any atom is 0.221 e. The maximum absolute atomic E-state index is 10.7. The number of amides is 1. The molecule has 0 fully saturated rings. The predicted octanol–water partition coefficient (Wildman–Crippen LogP) is 2.53. The average molecular weight is 219 g/mol. The van der Waals surface area contributed by atoms with E-state index in [2.05, 4.69) is 5.32 Å². The fourth-order valence-corrected chi connectivity index (χ4v) is 1.23. The number of hydrogen-bond donors (Lipinski definition) is 2. The number of nitrogens with two attached hydrogens (primary N) is 1. The number of nitrogens with one attached hydrogen (secondary N) is 1. The molecule has 0 aliphatic carbocycles. The molecule has 1 amide bonds. The molecule has 3 N–H and O–H groups in total. The number of anilines is 2. The lowest BCUT2D eigenvalue weighted by atomic mass is 10.3. The van der Waals surface area contributed by atoms with Gasteiger partial charge in [0.1, 0.15) is 0 Å². The lowest BCUT2D eigenvalue weighted by Crippen LogP contribution is -2.06. The molecule has 0 atom stereocenters. The van der Waals surface area contributed by atoms with Gasteiger partial charge in [-0.1, -0.05) is 23.2 Å². The van der Waals surface area contributed by atoms with Gasteiger partial charge in [0.15, 0.2) is 0 Å². The van der Waals surface area contributed by atoms with Gasteiger partial charge in [0.2, 0.25) is 5.91 Å². The molecule has 0 saturated carbocycles. The Morgan fingerprint density at radius 2 is 2.00 bits per heavy atom. The molecule has 70 valence electrons. The Bertz CT molecular complexity index is 352. The second-order valence-corrected chi connectivity index (χ2v) is 3.35. The molecule has 0 heterocycles. The molecule has 1 aromatic carbocycles. The Kier molecular flexibility index (Phi) is 3.01. The molecule has 0 aromatic heterocycles. The van der Waals surface area contributed by atoms with Gasteiger partial charge in [-0.2, -0.15) is 0 Å². The molecule has 0 unspecified atom stereocenters. The molecule has 0 aliphatic heterocycles. The second kappa shape index (κ2) is 3.85. The second-order valence-electron chi connectivity index (χ2n) is 2.53. The van der Waals surface area contributed by atoms with Crippen molar-refractivity contribution in [3.05, 3.63) is 22.2 Å². The van der Waals surface area contributed by atoms with Crippen LogP contribution < -0.4 is 11.1 Å². The van der Waals surface area contributed by atoms with Crippen LogP contribution in [0.1, 0.15) is 6.92 Å². The zero-order valence-corrected chi connectivity index (χ0v) is 8.41. The summed E-state index contributed by atoms with van der Waals surface area (Å²) in [6.07, 6.45) is 0. The summed E-state index contributed by atoms with van der Waals surface area (Å²) in [6.45, 7) is 1.39. The van der Waals surface area contributed by atoms with Crippen molar-refractivity contribution in [3.8, 4) is 0 Å². The SMILES string of the molecule is CC(=O)Nc1cc(Cl)c(N)cc1Cl. The van der Waals surface area contributed by atoms with Crippen molar-refractivity contribution in [1.29, 1.82) is 0 Å². The van der Waals surface area contributed by atoms with Crippen LogP contribution in [0.15, 0.2) is 12.1 Å². The molecule has 0 saturated heterocycles. The van der Waals surface area contributed by atoms with Crippen LogP contribution >= 0.6 is 23.2 Å². The molecular formula is C8H8Cl2N2O. The first kappa shape index (κ1) is 10.2. The third-order valence-corrected chi connectivity index (χ3v) is 2.04. The van der Waals surface area contributed by atoms with Gasteiger partial charge < -0.3 is 11.1 Å². The number of carbonyl (C=O) groups excluding carboxylic acids is 1. The zero-order valence-electron chi connectivity index (χ0n) is 6.90. The average Bonchev–Trinajstić information content (AvgIpc) is 1.99. The van der Waals surface area contributed by atoms with Gasteiger partial charge in [-0.25, -0.2) is 0 Å². The molecule has 5 heteroatoms. The van der Waals surface area contributed by atoms with E-state index in [1.165, 1.54) is 19.1 Å². The van der Waals surface area contributed by atoms with E-state index >= 15 is 0 Å². The van der Waals surface area contributed by atoms with E-state index in [0.717, 1.165) is 0 Å². The first-order chi connectivity index (χ1) is 6.00. The van der Waals surface area contributed by atoms with Crippen molar-refractivity contribution in [1.82, 2.24) is 0 Å². The van der Waals surface area contributed by atoms with Crippen LogP contribution in [0.5, 0.6) is 0 Å². The highest BCUT2D eigenvalue weighted by Crippen LogP contribution is 2.30. The largest absolute Gasteiger partial charge is 0.397 e. The van der Waals surface area contributed by atoms with E-state index in [1.807, 2.05) is 0 Å². The highest BCUT2D eigenvalue weighted by atomic mass is 35.5. The minimum absolute atomic E-state index is 0.206. The van der Waals surface area contributed by atoms with Gasteiger partial charge in [-0.3, -0.25) is 4.79 Å². The zero-order chi connectivity index (χ0) is 10.0. The summed E-state index contributed by atoms with van der Waals surface area (Å²) in [5.74, 6) is -0.206. The van der Waals surface area contributed by atoms with Crippen molar-refractivity contribution in [2.24, 2.45) is 0 Å². The Balaban J connectivity index is 3.08. The Hall–Kier alpha value is -0.930. The number of carbonyl (C=O) groups is 1. The fourth-order valence-electron chi connectivity index (χ4n) is 0.848. The molecule has 0 spiro atoms. The number of benzene rings is 1. The summed E-state index contributed by atoms with van der Waals surface area (Å²) in [6, 6.07) is 3.01. The van der Waals surface area contributed by atoms with E-state index < -0.39 is 0 Å². The Morgan fingerprint density at radius 1 is 1.38 bits per heavy atom. The van der Waals surface area contributed by atoms with Crippen LogP contribution in [0.2, 0.25) is 10.0 Å². The summed E-state index contributed by atoms with van der Waals surface area (Å²) in [5, 5.41) is 3.27. The monoisotopic (exact) mass is 218 g/mol. The Labute approximate surface area is 85.8 Å². The standard InChI is InChI=1S/C8H8Cl2N2O/c1-4(13)12-8-3-5(9)7(11)2-6(8)10/h2-3H,11H2,1H3,(H,12,13). The number of halogens is 2. The van der Waals surface area contributed by atoms with Gasteiger partial charge in [-0.05, 0) is 12.1 Å². The van der Waals surface area contributed by atoms with Gasteiger partial charge in [0.25, 0.3) is 0 Å². The summed E-state index contributed by atoms with van der Waals surface area (Å²) in [7, 11) is 0. The molecule has 1 rings (SSSR count). The normalized spacial score (nSPS) is 9.77. The molecule has 3 nitrogen and oxygen atoms in total. The number of hydrogen-bond acceptors (Lipinski definition) is 2. The van der Waals surface area contributed by atoms with Gasteiger partial charge in [0, 0.05) is 6.92 Å². The van der Waals surface area contributed by atoms with E-state index in [0.29, 0.717) is 21.4 Å². The van der Waals surface area contributed by atoms with Crippen LogP contribution in [0.4, 0.5) is 11.4 Å². The molecule has 0 radical (unpaired) electrons. The van der Waals surface area contributed by atoms with Crippen molar-refractivity contribution < 1.29 is 4.79 Å². The van der Waals surface area contributed by atoms with Crippen LogP contribution in [-0.4, -0.2) is 5.91 Å². The fraction of sp³-hybridized carbons (Fsp3) is 0.125. The van der Waals surface area contributed by atoms with Gasteiger partial charge in [0.05, 0.1) is 21.4 Å². The van der Waals surface area contributed by atoms with Crippen molar-refractivity contribution >= 4 is 40.5 Å². The van der Waals surface area contributed by atoms with E-state index in [-0.39, 0.29) is 5.91 Å². The molecule has 13 heavy (non-hydrogen) atoms. The van der Waals surface area contributed by atoms with Crippen molar-refractivity contribution in [2.45, 2.75) is 6.92 Å². The van der Waals surface area contributed by atoms with Crippen LogP contribution in [0.25, 0.3) is 0 Å². The van der Waals surface area contributed by atoms with E-state index in [9.17, 15) is 4.79 Å². The Morgan fingerprint density at radius 3 is 2.54 bits per heavy atom. The summed E-state index contributed by atoms with van der Waals surface area (Å²) in [4.78, 5) is 10.7. The smallest absolute Gasteiger partial charge is 0.221 e. The summed E-state index contributed by atoms with van der Waals surface area (Å²) < 4.78 is 0. The first-order valence-electron chi connectivity index (χ1n) is 3.53. The van der Waals surface area contributed by atoms with Crippen molar-refractivity contribution in [2.75, 3.05) is 11.1 Å². The minimum Gasteiger partial charge on any atom is -0.397 e. The predicted molar refractivity (Wildman–Crippen MR) is 55.2 cm³/mol. The lowest BCUT2D eigenvalue weighted by Gasteiger charge is -2.06. The highest BCUT2D eigenvalue weighted by Gasteiger charge is 2.05. The summed E-state index contributed by atoms with van der Waals surface area (Å²) in [5.41, 5.74) is 6.35. The van der Waals surface area contributed by atoms with Crippen LogP contribution in [0, 0.1) is 0 Å². The summed E-state index contributed by atoms with van der Waals surface area (Å²) >= 11 is 11.5. The third-order valence-electron chi connectivity index (χ3n) is 1.40.